The summed E-state index contributed by atoms with van der Waals surface area (Å²) in [6.07, 6.45) is 0.641. The molecular formula is C26H31FN2O5. The lowest BCUT2D eigenvalue weighted by Gasteiger charge is -2.26. The molecule has 0 bridgehead atoms. The van der Waals surface area contributed by atoms with Crippen molar-refractivity contribution in [2.24, 2.45) is 0 Å². The highest BCUT2D eigenvalue weighted by atomic mass is 19.1. The van der Waals surface area contributed by atoms with Crippen LogP contribution in [0, 0.1) is 5.82 Å². The van der Waals surface area contributed by atoms with Crippen LogP contribution < -0.4 is 9.47 Å². The predicted octanol–water partition coefficient (Wildman–Crippen LogP) is 4.00. The molecule has 0 aliphatic carbocycles. The topological polar surface area (TPSA) is 79.3 Å². The monoisotopic (exact) mass is 470 g/mol. The maximum Gasteiger partial charge on any atom is 0.295 e. The van der Waals surface area contributed by atoms with Gasteiger partial charge in [0, 0.05) is 12.1 Å². The molecule has 1 unspecified atom stereocenters. The molecule has 1 aliphatic rings. The van der Waals surface area contributed by atoms with E-state index in [1.807, 2.05) is 32.8 Å². The lowest BCUT2D eigenvalue weighted by molar-refractivity contribution is -0.139. The molecule has 1 atom stereocenters. The average Bonchev–Trinajstić information content (AvgIpc) is 3.05. The minimum absolute atomic E-state index is 0.0342. The molecule has 2 aromatic rings. The minimum Gasteiger partial charge on any atom is -0.507 e. The number of amides is 1. The second-order valence-corrected chi connectivity index (χ2v) is 8.23. The Labute approximate surface area is 199 Å². The molecule has 1 aliphatic heterocycles. The van der Waals surface area contributed by atoms with E-state index < -0.39 is 23.5 Å². The van der Waals surface area contributed by atoms with Crippen molar-refractivity contribution in [1.29, 1.82) is 0 Å². The Balaban J connectivity index is 2.13. The summed E-state index contributed by atoms with van der Waals surface area (Å²) in [4.78, 5) is 29.6. The number of ether oxygens (including phenoxy) is 2. The molecule has 1 N–H and O–H groups in total. The van der Waals surface area contributed by atoms with E-state index in [0.717, 1.165) is 6.54 Å². The van der Waals surface area contributed by atoms with Gasteiger partial charge >= 0.3 is 0 Å². The molecule has 0 radical (unpaired) electrons. The van der Waals surface area contributed by atoms with Crippen LogP contribution in [0.25, 0.3) is 5.76 Å². The number of nitrogens with zero attached hydrogens (tertiary/aromatic N) is 2. The van der Waals surface area contributed by atoms with Gasteiger partial charge in [0.15, 0.2) is 11.5 Å². The summed E-state index contributed by atoms with van der Waals surface area (Å²) in [5.74, 6) is -1.23. The fraction of sp³-hybridized carbons (Fsp3) is 0.385. The van der Waals surface area contributed by atoms with Gasteiger partial charge in [-0.25, -0.2) is 4.39 Å². The van der Waals surface area contributed by atoms with Gasteiger partial charge in [0.2, 0.25) is 0 Å². The van der Waals surface area contributed by atoms with E-state index in [-0.39, 0.29) is 16.9 Å². The third kappa shape index (κ3) is 5.39. The van der Waals surface area contributed by atoms with E-state index in [1.165, 1.54) is 29.2 Å². The van der Waals surface area contributed by atoms with Crippen LogP contribution in [0.15, 0.2) is 48.0 Å². The smallest absolute Gasteiger partial charge is 0.295 e. The zero-order valence-electron chi connectivity index (χ0n) is 20.0. The first kappa shape index (κ1) is 25.2. The SMILES string of the molecule is CCOc1ccc(C2C(=C(O)c3ccc(F)cc3)C(=O)C(=O)N2CCCN(C)C)cc1OCC. The molecule has 0 aromatic heterocycles. The Kier molecular flexibility index (Phi) is 8.28. The number of aliphatic hydroxyl groups excluding tert-OH is 1. The zero-order chi connectivity index (χ0) is 24.8. The molecule has 7 nitrogen and oxygen atoms in total. The molecule has 8 heteroatoms. The second kappa shape index (κ2) is 11.2. The number of benzene rings is 2. The number of hydrogen-bond acceptors (Lipinski definition) is 6. The quantitative estimate of drug-likeness (QED) is 0.321. The molecule has 3 rings (SSSR count). The van der Waals surface area contributed by atoms with Gasteiger partial charge in [0.05, 0.1) is 24.8 Å². The number of likely N-dealkylation sites (tertiary alicyclic amines) is 1. The van der Waals surface area contributed by atoms with Crippen molar-refractivity contribution in [3.63, 3.8) is 0 Å². The fourth-order valence-corrected chi connectivity index (χ4v) is 4.02. The molecule has 34 heavy (non-hydrogen) atoms. The van der Waals surface area contributed by atoms with E-state index in [1.54, 1.807) is 18.2 Å². The van der Waals surface area contributed by atoms with Crippen LogP contribution in [0.1, 0.15) is 37.4 Å². The summed E-state index contributed by atoms with van der Waals surface area (Å²) in [6.45, 7) is 5.62. The van der Waals surface area contributed by atoms with Crippen molar-refractivity contribution >= 4 is 17.4 Å². The lowest BCUT2D eigenvalue weighted by Crippen LogP contribution is -2.32. The van der Waals surface area contributed by atoms with Crippen molar-refractivity contribution in [2.45, 2.75) is 26.3 Å². The highest BCUT2D eigenvalue weighted by Crippen LogP contribution is 2.42. The largest absolute Gasteiger partial charge is 0.507 e. The first-order chi connectivity index (χ1) is 16.3. The van der Waals surface area contributed by atoms with Gasteiger partial charge < -0.3 is 24.4 Å². The minimum atomic E-state index is -0.818. The highest BCUT2D eigenvalue weighted by molar-refractivity contribution is 6.46. The number of aliphatic hydroxyl groups is 1. The predicted molar refractivity (Wildman–Crippen MR) is 127 cm³/mol. The lowest BCUT2D eigenvalue weighted by atomic mass is 9.95. The number of hydrogen-bond donors (Lipinski definition) is 1. The number of rotatable bonds is 10. The Morgan fingerprint density at radius 1 is 1.03 bits per heavy atom. The van der Waals surface area contributed by atoms with Crippen molar-refractivity contribution in [2.75, 3.05) is 40.4 Å². The number of ketones is 1. The molecule has 1 fully saturated rings. The number of halogens is 1. The summed E-state index contributed by atoms with van der Waals surface area (Å²) in [6, 6.07) is 9.57. The van der Waals surface area contributed by atoms with Gasteiger partial charge in [-0.3, -0.25) is 9.59 Å². The summed E-state index contributed by atoms with van der Waals surface area (Å²) in [7, 11) is 3.86. The van der Waals surface area contributed by atoms with Gasteiger partial charge in [-0.15, -0.1) is 0 Å². The average molecular weight is 471 g/mol. The van der Waals surface area contributed by atoms with Crippen molar-refractivity contribution in [3.05, 3.63) is 65.0 Å². The van der Waals surface area contributed by atoms with Gasteiger partial charge in [0.25, 0.3) is 11.7 Å². The summed E-state index contributed by atoms with van der Waals surface area (Å²) in [5, 5.41) is 11.1. The number of carbonyl (C=O) groups is 2. The van der Waals surface area contributed by atoms with Crippen LogP contribution in [0.4, 0.5) is 4.39 Å². The van der Waals surface area contributed by atoms with Crippen molar-refractivity contribution in [3.8, 4) is 11.5 Å². The third-order valence-electron chi connectivity index (χ3n) is 5.55. The van der Waals surface area contributed by atoms with Crippen LogP contribution >= 0.6 is 0 Å². The van der Waals surface area contributed by atoms with Gasteiger partial charge in [-0.2, -0.15) is 0 Å². The van der Waals surface area contributed by atoms with Crippen LogP contribution in [0.2, 0.25) is 0 Å². The normalized spacial score (nSPS) is 17.5. The molecule has 1 amide bonds. The zero-order valence-corrected chi connectivity index (χ0v) is 20.0. The highest BCUT2D eigenvalue weighted by Gasteiger charge is 2.46. The first-order valence-electron chi connectivity index (χ1n) is 11.4. The van der Waals surface area contributed by atoms with Crippen molar-refractivity contribution in [1.82, 2.24) is 9.80 Å². The summed E-state index contributed by atoms with van der Waals surface area (Å²) in [5.41, 5.74) is 0.835. The van der Waals surface area contributed by atoms with Crippen LogP contribution in [0.5, 0.6) is 11.5 Å². The van der Waals surface area contributed by atoms with E-state index in [4.69, 9.17) is 9.47 Å². The number of carbonyl (C=O) groups excluding carboxylic acids is 2. The fourth-order valence-electron chi connectivity index (χ4n) is 4.02. The maximum atomic E-state index is 13.4. The van der Waals surface area contributed by atoms with Crippen LogP contribution in [-0.4, -0.2) is 67.0 Å². The Morgan fingerprint density at radius 2 is 1.68 bits per heavy atom. The molecule has 0 spiro atoms. The standard InChI is InChI=1S/C26H31FN2O5/c1-5-33-20-13-10-18(16-21(20)34-6-2)23-22(24(30)17-8-11-19(27)12-9-17)25(31)26(32)29(23)15-7-14-28(3)4/h8-13,16,23,30H,5-7,14-15H2,1-4H3. The number of Topliss-reactive ketones (excluding diaryl/α,β-unsaturated/α-hetero) is 1. The molecule has 0 saturated carbocycles. The van der Waals surface area contributed by atoms with Crippen LogP contribution in [-0.2, 0) is 9.59 Å². The molecule has 1 saturated heterocycles. The van der Waals surface area contributed by atoms with Gasteiger partial charge in [-0.1, -0.05) is 6.07 Å². The Morgan fingerprint density at radius 3 is 2.29 bits per heavy atom. The van der Waals surface area contributed by atoms with E-state index in [9.17, 15) is 19.1 Å². The maximum absolute atomic E-state index is 13.4. The second-order valence-electron chi connectivity index (χ2n) is 8.23. The third-order valence-corrected chi connectivity index (χ3v) is 5.55. The van der Waals surface area contributed by atoms with E-state index in [0.29, 0.717) is 43.2 Å². The van der Waals surface area contributed by atoms with Gasteiger partial charge in [-0.05, 0) is 82.9 Å². The molecule has 2 aromatic carbocycles. The van der Waals surface area contributed by atoms with Crippen molar-refractivity contribution < 1.29 is 28.6 Å². The molecule has 182 valence electrons. The molecular weight excluding hydrogens is 439 g/mol. The summed E-state index contributed by atoms with van der Waals surface area (Å²) < 4.78 is 24.8. The Hall–Kier alpha value is -3.39. The molecule has 1 heterocycles. The van der Waals surface area contributed by atoms with E-state index in [2.05, 4.69) is 0 Å². The van der Waals surface area contributed by atoms with E-state index >= 15 is 0 Å². The Bertz CT molecular complexity index is 1070. The summed E-state index contributed by atoms with van der Waals surface area (Å²) >= 11 is 0. The van der Waals surface area contributed by atoms with Gasteiger partial charge in [0.1, 0.15) is 11.6 Å². The van der Waals surface area contributed by atoms with Crippen LogP contribution in [0.3, 0.4) is 0 Å². The first-order valence-corrected chi connectivity index (χ1v) is 11.4.